The molecule has 166 valence electrons. The number of amides is 4. The Morgan fingerprint density at radius 1 is 1.34 bits per heavy atom. The van der Waals surface area contributed by atoms with E-state index in [-0.39, 0.29) is 21.0 Å². The number of carbonyl (C=O) groups is 4. The van der Waals surface area contributed by atoms with E-state index in [1.165, 1.54) is 0 Å². The van der Waals surface area contributed by atoms with Gasteiger partial charge in [-0.15, -0.1) is 0 Å². The van der Waals surface area contributed by atoms with Crippen molar-refractivity contribution in [1.29, 1.82) is 0 Å². The van der Waals surface area contributed by atoms with Crippen LogP contribution in [-0.4, -0.2) is 34.5 Å². The Bertz CT molecular complexity index is 1500. The topological polar surface area (TPSA) is 95.6 Å². The highest BCUT2D eigenvalue weighted by atomic mass is 35.5. The molecule has 2 aliphatic rings. The van der Waals surface area contributed by atoms with E-state index >= 15 is 0 Å². The van der Waals surface area contributed by atoms with Crippen molar-refractivity contribution in [2.75, 3.05) is 0 Å². The predicted octanol–water partition coefficient (Wildman–Crippen LogP) is 2.51. The van der Waals surface area contributed by atoms with Crippen LogP contribution < -0.4 is 10.6 Å². The number of alkyl halides is 2. The van der Waals surface area contributed by atoms with Crippen molar-refractivity contribution >= 4 is 35.2 Å². The van der Waals surface area contributed by atoms with Crippen LogP contribution >= 0.6 is 11.6 Å². The third kappa shape index (κ3) is 4.08. The second-order valence-electron chi connectivity index (χ2n) is 6.69. The van der Waals surface area contributed by atoms with Crippen molar-refractivity contribution in [2.24, 2.45) is 0 Å². The van der Waals surface area contributed by atoms with E-state index in [0.29, 0.717) is 0 Å². The molecular formula is C22H18ClF2N3O4. The van der Waals surface area contributed by atoms with Crippen LogP contribution in [0, 0.1) is 0 Å². The first-order valence-corrected chi connectivity index (χ1v) is 9.33. The van der Waals surface area contributed by atoms with Gasteiger partial charge in [0.05, 0.1) is 4.11 Å². The number of benzene rings is 2. The minimum atomic E-state index is -4.34. The molecule has 1 fully saturated rings. The van der Waals surface area contributed by atoms with Gasteiger partial charge in [0.15, 0.2) is 2.82 Å². The molecule has 2 aromatic carbocycles. The summed E-state index contributed by atoms with van der Waals surface area (Å²) in [5.74, 6) is -11.5. The summed E-state index contributed by atoms with van der Waals surface area (Å²) < 4.78 is 102. The summed E-state index contributed by atoms with van der Waals surface area (Å²) >= 11 is 5.67. The highest BCUT2D eigenvalue weighted by Crippen LogP contribution is 2.30. The lowest BCUT2D eigenvalue weighted by molar-refractivity contribution is -0.147. The number of halogens is 3. The fourth-order valence-corrected chi connectivity index (χ4v) is 3.19. The van der Waals surface area contributed by atoms with E-state index in [1.54, 1.807) is 0 Å². The Kier molecular flexibility index (Phi) is 3.45. The second kappa shape index (κ2) is 8.31. The van der Waals surface area contributed by atoms with Crippen molar-refractivity contribution < 1.29 is 40.4 Å². The Morgan fingerprint density at radius 2 is 2.06 bits per heavy atom. The molecule has 2 aromatic rings. The quantitative estimate of drug-likeness (QED) is 0.656. The fourth-order valence-electron chi connectivity index (χ4n) is 3.06. The number of imide groups is 1. The van der Waals surface area contributed by atoms with Gasteiger partial charge in [-0.3, -0.25) is 24.5 Å². The van der Waals surface area contributed by atoms with Crippen LogP contribution in [0.15, 0.2) is 42.5 Å². The van der Waals surface area contributed by atoms with Gasteiger partial charge in [-0.1, -0.05) is 35.9 Å². The van der Waals surface area contributed by atoms with Gasteiger partial charge in [-0.05, 0) is 35.7 Å². The van der Waals surface area contributed by atoms with E-state index in [1.807, 2.05) is 0 Å². The predicted molar refractivity (Wildman–Crippen MR) is 110 cm³/mol. The minimum absolute atomic E-state index is 0.0902. The molecular weight excluding hydrogens is 444 g/mol. The van der Waals surface area contributed by atoms with Gasteiger partial charge in [0.25, 0.3) is 11.8 Å². The molecule has 0 radical (unpaired) electrons. The number of nitrogens with zero attached hydrogens (tertiary/aromatic N) is 1. The van der Waals surface area contributed by atoms with Gasteiger partial charge >= 0.3 is 5.92 Å². The maximum Gasteiger partial charge on any atom is 0.349 e. The van der Waals surface area contributed by atoms with E-state index in [0.717, 1.165) is 42.5 Å². The van der Waals surface area contributed by atoms with E-state index in [4.69, 9.17) is 24.0 Å². The lowest BCUT2D eigenvalue weighted by Gasteiger charge is -2.29. The average Bonchev–Trinajstić information content (AvgIpc) is 3.25. The largest absolute Gasteiger partial charge is 0.349 e. The van der Waals surface area contributed by atoms with Crippen molar-refractivity contribution in [2.45, 2.75) is 37.7 Å². The summed E-state index contributed by atoms with van der Waals surface area (Å²) in [5, 5.41) is -1.04. The number of piperidine rings is 1. The molecule has 0 aromatic heterocycles. The minimum Gasteiger partial charge on any atom is -0.346 e. The third-order valence-corrected chi connectivity index (χ3v) is 4.89. The molecule has 10 heteroatoms. The molecule has 1 saturated heterocycles. The molecule has 7 nitrogen and oxygen atoms in total. The van der Waals surface area contributed by atoms with Crippen LogP contribution in [0.25, 0.3) is 0 Å². The first kappa shape index (κ1) is 13.3. The monoisotopic (exact) mass is 470 g/mol. The van der Waals surface area contributed by atoms with E-state index < -0.39 is 83.1 Å². The Labute approximate surface area is 199 Å². The van der Waals surface area contributed by atoms with E-state index in [2.05, 4.69) is 0 Å². The molecule has 2 N–H and O–H groups in total. The lowest BCUT2D eigenvalue weighted by Crippen LogP contribution is -2.52. The Balaban J connectivity index is 1.68. The first-order valence-electron chi connectivity index (χ1n) is 13.3. The van der Waals surface area contributed by atoms with Gasteiger partial charge in [-0.25, -0.2) is 0 Å². The number of hydrogen-bond acceptors (Lipinski definition) is 4. The lowest BCUT2D eigenvalue weighted by atomic mass is 10.0. The van der Waals surface area contributed by atoms with E-state index in [9.17, 15) is 28.0 Å². The van der Waals surface area contributed by atoms with Gasteiger partial charge in [0.1, 0.15) is 6.02 Å². The first-order chi connectivity index (χ1) is 18.6. The molecule has 0 bridgehead atoms. The zero-order valence-electron chi connectivity index (χ0n) is 24.9. The third-order valence-electron chi connectivity index (χ3n) is 4.63. The van der Waals surface area contributed by atoms with Gasteiger partial charge in [0, 0.05) is 41.0 Å². The van der Waals surface area contributed by atoms with Crippen molar-refractivity contribution in [1.82, 2.24) is 15.5 Å². The molecule has 4 amide bonds. The number of nitrogens with one attached hydrogen (secondary N) is 2. The molecule has 4 rings (SSSR count). The summed E-state index contributed by atoms with van der Waals surface area (Å²) in [4.78, 5) is 50.8. The van der Waals surface area contributed by atoms with Gasteiger partial charge in [0.2, 0.25) is 11.8 Å². The maximum atomic E-state index is 14.8. The molecule has 0 unspecified atom stereocenters. The summed E-state index contributed by atoms with van der Waals surface area (Å²) in [6, 6.07) is 3.04. The SMILES string of the molecule is [2H]N1C(=O)C([2H])([2H])C([2H])([2H])[C@@]([2H])(N2Cc3cc(C([2H])([2H])N([2H])C(=O)C(F)(F)c4ccc(Cl)cc4)ccc3C2=O)C1=O. The number of carbonyl (C=O) groups excluding carboxylic acids is 4. The molecule has 32 heavy (non-hydrogen) atoms. The molecule has 2 heterocycles. The Hall–Kier alpha value is -3.33. The van der Waals surface area contributed by atoms with Crippen LogP contribution in [0.4, 0.5) is 8.78 Å². The second-order valence-corrected chi connectivity index (χ2v) is 7.13. The summed E-state index contributed by atoms with van der Waals surface area (Å²) in [6.45, 7) is -4.05. The normalized spacial score (nSPS) is 28.7. The summed E-state index contributed by atoms with van der Waals surface area (Å²) in [5.41, 5.74) is -1.94. The van der Waals surface area contributed by atoms with Crippen LogP contribution in [0.2, 0.25) is 7.85 Å². The highest BCUT2D eigenvalue weighted by molar-refractivity contribution is 6.30. The molecule has 1 atom stereocenters. The highest BCUT2D eigenvalue weighted by Gasteiger charge is 2.41. The van der Waals surface area contributed by atoms with Crippen LogP contribution in [-0.2, 0) is 33.3 Å². The number of hydrogen-bond donors (Lipinski definition) is 2. The van der Waals surface area contributed by atoms with Crippen LogP contribution in [0.5, 0.6) is 0 Å². The van der Waals surface area contributed by atoms with Gasteiger partial charge < -0.3 is 10.2 Å². The zero-order valence-corrected chi connectivity index (χ0v) is 16.6. The molecule has 0 spiro atoms. The zero-order chi connectivity index (χ0) is 31.1. The average molecular weight is 471 g/mol. The Morgan fingerprint density at radius 3 is 2.78 bits per heavy atom. The molecule has 2 aliphatic heterocycles. The van der Waals surface area contributed by atoms with Crippen LogP contribution in [0.3, 0.4) is 0 Å². The number of fused-ring (bicyclic) bond motifs is 1. The smallest absolute Gasteiger partial charge is 0.346 e. The maximum absolute atomic E-state index is 14.8. The summed E-state index contributed by atoms with van der Waals surface area (Å²) in [7, 11) is 0. The van der Waals surface area contributed by atoms with Gasteiger partial charge in [-0.2, -0.15) is 8.78 Å². The van der Waals surface area contributed by atoms with Crippen LogP contribution in [0.1, 0.15) is 49.4 Å². The number of rotatable bonds is 5. The van der Waals surface area contributed by atoms with Crippen molar-refractivity contribution in [3.05, 3.63) is 69.7 Å². The fraction of sp³-hybridized carbons (Fsp3) is 0.273. The molecule has 0 saturated carbocycles. The standard InChI is InChI=1S/C22H18ClF2N3O4/c23-15-4-2-14(3-5-15)22(24,25)21(32)26-10-12-1-6-16-13(9-12)11-28(20(16)31)17-7-8-18(29)27-19(17)30/h1-6,9,17H,7-8,10-11H2,(H,26,32)(H,27,29,30)/t17-/m1/s1/i7D2,8D2,10D2,17D/hD2. The van der Waals surface area contributed by atoms with Crippen molar-refractivity contribution in [3.8, 4) is 0 Å². The van der Waals surface area contributed by atoms with Crippen molar-refractivity contribution in [3.63, 3.8) is 0 Å². The molecule has 0 aliphatic carbocycles. The summed E-state index contributed by atoms with van der Waals surface area (Å²) in [6.07, 6.45) is -7.23.